The standard InChI is InChI=1S/C18H18N2O4/c1-23-17(21)15-13(11-5-3-7-19-9-11)14(16(15)18(22)24-2)12-6-4-8-20-10-12/h3-10,13-16H,1-2H3. The maximum Gasteiger partial charge on any atom is 0.310 e. The van der Waals surface area contributed by atoms with Crippen LogP contribution in [-0.2, 0) is 19.1 Å². The summed E-state index contributed by atoms with van der Waals surface area (Å²) >= 11 is 0. The maximum absolute atomic E-state index is 12.3. The number of hydrogen-bond acceptors (Lipinski definition) is 6. The van der Waals surface area contributed by atoms with Crippen LogP contribution in [0.2, 0.25) is 0 Å². The number of carbonyl (C=O) groups is 2. The first-order valence-corrected chi connectivity index (χ1v) is 7.64. The fourth-order valence-corrected chi connectivity index (χ4v) is 3.58. The second-order valence-corrected chi connectivity index (χ2v) is 5.72. The van der Waals surface area contributed by atoms with Gasteiger partial charge in [0.2, 0.25) is 0 Å². The van der Waals surface area contributed by atoms with Crippen molar-refractivity contribution in [2.24, 2.45) is 11.8 Å². The third-order valence-corrected chi connectivity index (χ3v) is 4.63. The molecule has 2 aromatic heterocycles. The Bertz CT molecular complexity index is 657. The molecule has 1 aliphatic rings. The summed E-state index contributed by atoms with van der Waals surface area (Å²) in [5.41, 5.74) is 1.78. The van der Waals surface area contributed by atoms with Gasteiger partial charge in [0.05, 0.1) is 26.1 Å². The molecule has 4 unspecified atom stereocenters. The van der Waals surface area contributed by atoms with Crippen LogP contribution in [0.1, 0.15) is 23.0 Å². The van der Waals surface area contributed by atoms with E-state index >= 15 is 0 Å². The van der Waals surface area contributed by atoms with Crippen molar-refractivity contribution in [1.82, 2.24) is 9.97 Å². The molecule has 1 fully saturated rings. The highest BCUT2D eigenvalue weighted by molar-refractivity contribution is 5.87. The minimum Gasteiger partial charge on any atom is -0.469 e. The van der Waals surface area contributed by atoms with E-state index in [9.17, 15) is 9.59 Å². The molecule has 0 aliphatic heterocycles. The fourth-order valence-electron chi connectivity index (χ4n) is 3.58. The zero-order valence-electron chi connectivity index (χ0n) is 13.5. The Balaban J connectivity index is 2.07. The average molecular weight is 326 g/mol. The summed E-state index contributed by atoms with van der Waals surface area (Å²) in [6.07, 6.45) is 6.79. The summed E-state index contributed by atoms with van der Waals surface area (Å²) in [5, 5.41) is 0. The number of esters is 2. The minimum absolute atomic E-state index is 0.209. The van der Waals surface area contributed by atoms with Crippen molar-refractivity contribution in [2.75, 3.05) is 14.2 Å². The van der Waals surface area contributed by atoms with Crippen LogP contribution in [0.3, 0.4) is 0 Å². The van der Waals surface area contributed by atoms with Gasteiger partial charge in [0.1, 0.15) is 0 Å². The van der Waals surface area contributed by atoms with Crippen LogP contribution >= 0.6 is 0 Å². The van der Waals surface area contributed by atoms with Gasteiger partial charge in [0.25, 0.3) is 0 Å². The summed E-state index contributed by atoms with van der Waals surface area (Å²) in [6, 6.07) is 7.44. The zero-order chi connectivity index (χ0) is 17.1. The van der Waals surface area contributed by atoms with Gasteiger partial charge in [0.15, 0.2) is 0 Å². The molecule has 3 rings (SSSR count). The van der Waals surface area contributed by atoms with Crippen molar-refractivity contribution >= 4 is 11.9 Å². The summed E-state index contributed by atoms with van der Waals surface area (Å²) in [6.45, 7) is 0. The number of carbonyl (C=O) groups excluding carboxylic acids is 2. The Hall–Kier alpha value is -2.76. The fraction of sp³-hybridized carbons (Fsp3) is 0.333. The topological polar surface area (TPSA) is 78.4 Å². The SMILES string of the molecule is COC(=O)C1C(C(=O)OC)C(c2cccnc2)C1c1cccnc1. The Morgan fingerprint density at radius 3 is 1.54 bits per heavy atom. The molecule has 2 aromatic rings. The maximum atomic E-state index is 12.3. The number of hydrogen-bond donors (Lipinski definition) is 0. The highest BCUT2D eigenvalue weighted by Gasteiger charge is 2.59. The number of methoxy groups -OCH3 is 2. The first kappa shape index (κ1) is 16.1. The van der Waals surface area contributed by atoms with E-state index in [2.05, 4.69) is 9.97 Å². The number of pyridine rings is 2. The molecule has 0 amide bonds. The van der Waals surface area contributed by atoms with Crippen LogP contribution in [0.25, 0.3) is 0 Å². The second kappa shape index (κ2) is 6.78. The minimum atomic E-state index is -0.600. The predicted octanol–water partition coefficient (Wildman–Crippen LogP) is 1.94. The molecule has 0 N–H and O–H groups in total. The van der Waals surface area contributed by atoms with E-state index in [1.165, 1.54) is 14.2 Å². The lowest BCUT2D eigenvalue weighted by atomic mass is 9.52. The van der Waals surface area contributed by atoms with Crippen LogP contribution in [0.5, 0.6) is 0 Å². The van der Waals surface area contributed by atoms with E-state index in [1.807, 2.05) is 24.3 Å². The summed E-state index contributed by atoms with van der Waals surface area (Å²) in [5.74, 6) is -2.45. The van der Waals surface area contributed by atoms with Crippen molar-refractivity contribution in [1.29, 1.82) is 0 Å². The van der Waals surface area contributed by atoms with Crippen molar-refractivity contribution in [3.05, 3.63) is 60.2 Å². The summed E-state index contributed by atoms with van der Waals surface area (Å²) in [7, 11) is 2.66. The predicted molar refractivity (Wildman–Crippen MR) is 85.0 cm³/mol. The molecule has 1 saturated carbocycles. The van der Waals surface area contributed by atoms with E-state index in [0.717, 1.165) is 11.1 Å². The van der Waals surface area contributed by atoms with Crippen molar-refractivity contribution < 1.29 is 19.1 Å². The highest BCUT2D eigenvalue weighted by atomic mass is 16.5. The molecule has 0 spiro atoms. The van der Waals surface area contributed by atoms with E-state index in [-0.39, 0.29) is 11.8 Å². The van der Waals surface area contributed by atoms with Gasteiger partial charge in [-0.1, -0.05) is 12.1 Å². The van der Waals surface area contributed by atoms with Crippen LogP contribution < -0.4 is 0 Å². The molecule has 124 valence electrons. The quantitative estimate of drug-likeness (QED) is 0.799. The molecule has 24 heavy (non-hydrogen) atoms. The van der Waals surface area contributed by atoms with Gasteiger partial charge in [-0.3, -0.25) is 19.6 Å². The van der Waals surface area contributed by atoms with Gasteiger partial charge >= 0.3 is 11.9 Å². The molecule has 1 aliphatic carbocycles. The molecular formula is C18H18N2O4. The zero-order valence-corrected chi connectivity index (χ0v) is 13.5. The van der Waals surface area contributed by atoms with Crippen molar-refractivity contribution in [3.63, 3.8) is 0 Å². The van der Waals surface area contributed by atoms with Gasteiger partial charge < -0.3 is 9.47 Å². The molecule has 4 atom stereocenters. The number of aromatic nitrogens is 2. The first-order chi connectivity index (χ1) is 11.7. The monoisotopic (exact) mass is 326 g/mol. The van der Waals surface area contributed by atoms with Gasteiger partial charge in [-0.05, 0) is 23.3 Å². The molecule has 2 heterocycles. The third kappa shape index (κ3) is 2.64. The molecule has 0 saturated heterocycles. The smallest absolute Gasteiger partial charge is 0.310 e. The number of nitrogens with zero attached hydrogens (tertiary/aromatic N) is 2. The average Bonchev–Trinajstić information content (AvgIpc) is 2.62. The second-order valence-electron chi connectivity index (χ2n) is 5.72. The number of rotatable bonds is 4. The summed E-state index contributed by atoms with van der Waals surface area (Å²) in [4.78, 5) is 32.9. The van der Waals surface area contributed by atoms with Gasteiger partial charge in [-0.15, -0.1) is 0 Å². The highest BCUT2D eigenvalue weighted by Crippen LogP contribution is 2.58. The van der Waals surface area contributed by atoms with Crippen LogP contribution in [-0.4, -0.2) is 36.1 Å². The molecule has 6 heteroatoms. The largest absolute Gasteiger partial charge is 0.469 e. The Kier molecular flexibility index (Phi) is 4.55. The van der Waals surface area contributed by atoms with E-state index < -0.39 is 23.8 Å². The molecule has 0 radical (unpaired) electrons. The Morgan fingerprint density at radius 1 is 0.833 bits per heavy atom. The Morgan fingerprint density at radius 2 is 1.25 bits per heavy atom. The van der Waals surface area contributed by atoms with Crippen LogP contribution in [0.4, 0.5) is 0 Å². The lowest BCUT2D eigenvalue weighted by molar-refractivity contribution is -0.168. The summed E-state index contributed by atoms with van der Waals surface area (Å²) < 4.78 is 9.86. The molecule has 6 nitrogen and oxygen atoms in total. The normalized spacial score (nSPS) is 25.4. The lowest BCUT2D eigenvalue weighted by Crippen LogP contribution is -2.52. The van der Waals surface area contributed by atoms with Crippen LogP contribution in [0, 0.1) is 11.8 Å². The van der Waals surface area contributed by atoms with E-state index in [1.54, 1.807) is 24.8 Å². The number of ether oxygens (including phenoxy) is 2. The van der Waals surface area contributed by atoms with E-state index in [0.29, 0.717) is 0 Å². The van der Waals surface area contributed by atoms with Crippen molar-refractivity contribution in [3.8, 4) is 0 Å². The van der Waals surface area contributed by atoms with Gasteiger partial charge in [-0.25, -0.2) is 0 Å². The molecule has 0 bridgehead atoms. The van der Waals surface area contributed by atoms with Crippen molar-refractivity contribution in [2.45, 2.75) is 11.8 Å². The van der Waals surface area contributed by atoms with Gasteiger partial charge in [-0.2, -0.15) is 0 Å². The molecule has 0 aromatic carbocycles. The first-order valence-electron chi connectivity index (χ1n) is 7.64. The Labute approximate surface area is 139 Å². The molecular weight excluding hydrogens is 308 g/mol. The van der Waals surface area contributed by atoms with Gasteiger partial charge in [0, 0.05) is 36.6 Å². The lowest BCUT2D eigenvalue weighted by Gasteiger charge is -2.49. The van der Waals surface area contributed by atoms with E-state index in [4.69, 9.17) is 9.47 Å². The third-order valence-electron chi connectivity index (χ3n) is 4.63. The van der Waals surface area contributed by atoms with Crippen LogP contribution in [0.15, 0.2) is 49.1 Å².